The van der Waals surface area contributed by atoms with Gasteiger partial charge in [-0.15, -0.1) is 0 Å². The number of nitrogens with zero attached hydrogens (tertiary/aromatic N) is 3. The average molecular weight is 400 g/mol. The molecule has 3 aromatic rings. The predicted octanol–water partition coefficient (Wildman–Crippen LogP) is 3.58. The lowest BCUT2D eigenvalue weighted by Crippen LogP contribution is -2.39. The Labute approximate surface area is 168 Å². The molecule has 1 heterocycles. The number of para-hydroxylation sites is 1. The Kier molecular flexibility index (Phi) is 5.99. The van der Waals surface area contributed by atoms with Crippen LogP contribution >= 0.6 is 11.6 Å². The van der Waals surface area contributed by atoms with Gasteiger partial charge in [-0.05, 0) is 50.2 Å². The first-order chi connectivity index (χ1) is 13.4. The van der Waals surface area contributed by atoms with Crippen LogP contribution < -0.4 is 10.3 Å². The molecular formula is C21H22ClN3O3. The number of hydrogen-bond acceptors (Lipinski definition) is 4. The van der Waals surface area contributed by atoms with Crippen molar-refractivity contribution in [2.75, 3.05) is 13.2 Å². The van der Waals surface area contributed by atoms with Crippen LogP contribution in [-0.2, 0) is 11.8 Å². The summed E-state index contributed by atoms with van der Waals surface area (Å²) in [5.74, 6) is 0.912. The molecule has 7 heteroatoms. The predicted molar refractivity (Wildman–Crippen MR) is 110 cm³/mol. The second kappa shape index (κ2) is 8.44. The van der Waals surface area contributed by atoms with Crippen molar-refractivity contribution in [1.29, 1.82) is 0 Å². The lowest BCUT2D eigenvalue weighted by molar-refractivity contribution is -0.135. The van der Waals surface area contributed by atoms with E-state index in [0.29, 0.717) is 34.0 Å². The minimum absolute atomic E-state index is 0.110. The van der Waals surface area contributed by atoms with Crippen molar-refractivity contribution in [3.05, 3.63) is 69.7 Å². The summed E-state index contributed by atoms with van der Waals surface area (Å²) in [5, 5.41) is 1.16. The molecule has 0 aliphatic carbocycles. The number of rotatable bonds is 6. The van der Waals surface area contributed by atoms with E-state index in [1.807, 2.05) is 26.0 Å². The zero-order valence-electron chi connectivity index (χ0n) is 16.1. The zero-order valence-corrected chi connectivity index (χ0v) is 16.8. The number of fused-ring (bicyclic) bond motifs is 1. The van der Waals surface area contributed by atoms with Crippen molar-refractivity contribution in [3.63, 3.8) is 0 Å². The van der Waals surface area contributed by atoms with Crippen LogP contribution in [0.5, 0.6) is 5.75 Å². The van der Waals surface area contributed by atoms with Gasteiger partial charge in [-0.3, -0.25) is 14.2 Å². The van der Waals surface area contributed by atoms with E-state index >= 15 is 0 Å². The monoisotopic (exact) mass is 399 g/mol. The molecule has 1 aromatic heterocycles. The van der Waals surface area contributed by atoms with Gasteiger partial charge >= 0.3 is 0 Å². The maximum Gasteiger partial charge on any atom is 0.261 e. The highest BCUT2D eigenvalue weighted by molar-refractivity contribution is 6.30. The smallest absolute Gasteiger partial charge is 0.261 e. The van der Waals surface area contributed by atoms with E-state index in [4.69, 9.17) is 16.3 Å². The molecule has 1 unspecified atom stereocenters. The van der Waals surface area contributed by atoms with Gasteiger partial charge in [-0.1, -0.05) is 23.7 Å². The third-order valence-electron chi connectivity index (χ3n) is 4.70. The second-order valence-corrected chi connectivity index (χ2v) is 6.89. The molecule has 0 spiro atoms. The molecule has 0 N–H and O–H groups in total. The highest BCUT2D eigenvalue weighted by Crippen LogP contribution is 2.20. The minimum Gasteiger partial charge on any atom is -0.484 e. The van der Waals surface area contributed by atoms with Gasteiger partial charge in [0.2, 0.25) is 0 Å². The summed E-state index contributed by atoms with van der Waals surface area (Å²) in [6.45, 7) is 4.10. The molecule has 6 nitrogen and oxygen atoms in total. The van der Waals surface area contributed by atoms with Crippen molar-refractivity contribution >= 4 is 28.4 Å². The zero-order chi connectivity index (χ0) is 20.3. The third-order valence-corrected chi connectivity index (χ3v) is 4.95. The molecular weight excluding hydrogens is 378 g/mol. The largest absolute Gasteiger partial charge is 0.484 e. The van der Waals surface area contributed by atoms with Gasteiger partial charge < -0.3 is 9.64 Å². The highest BCUT2D eigenvalue weighted by atomic mass is 35.5. The number of ether oxygens (including phenoxy) is 1. The Balaban J connectivity index is 1.82. The summed E-state index contributed by atoms with van der Waals surface area (Å²) in [6.07, 6.45) is 0. The number of amides is 1. The van der Waals surface area contributed by atoms with Crippen molar-refractivity contribution in [1.82, 2.24) is 14.5 Å². The molecule has 0 aliphatic heterocycles. The lowest BCUT2D eigenvalue weighted by atomic mass is 10.2. The Morgan fingerprint density at radius 2 is 1.89 bits per heavy atom. The maximum absolute atomic E-state index is 12.7. The van der Waals surface area contributed by atoms with Crippen LogP contribution in [0.3, 0.4) is 0 Å². The van der Waals surface area contributed by atoms with Crippen LogP contribution in [0.2, 0.25) is 5.02 Å². The van der Waals surface area contributed by atoms with Crippen molar-refractivity contribution in [2.24, 2.45) is 7.05 Å². The number of benzene rings is 2. The van der Waals surface area contributed by atoms with Gasteiger partial charge in [-0.25, -0.2) is 4.98 Å². The SMILES string of the molecule is CCN(C(=O)COc1ccc(Cl)cc1)C(C)c1nc2ccccc2c(=O)n1C. The standard InChI is InChI=1S/C21H22ClN3O3/c1-4-25(19(26)13-28-16-11-9-15(22)10-12-16)14(2)20-23-18-8-6-5-7-17(18)21(27)24(20)3/h5-12,14H,4,13H2,1-3H3. The summed E-state index contributed by atoms with van der Waals surface area (Å²) in [5.41, 5.74) is 0.488. The van der Waals surface area contributed by atoms with Crippen LogP contribution in [0.4, 0.5) is 0 Å². The Hall–Kier alpha value is -2.86. The molecule has 0 saturated carbocycles. The highest BCUT2D eigenvalue weighted by Gasteiger charge is 2.24. The van der Waals surface area contributed by atoms with Gasteiger partial charge in [-0.2, -0.15) is 0 Å². The Bertz CT molecular complexity index is 1050. The van der Waals surface area contributed by atoms with Crippen LogP contribution in [0.25, 0.3) is 10.9 Å². The van der Waals surface area contributed by atoms with Crippen LogP contribution in [0.15, 0.2) is 53.3 Å². The first kappa shape index (κ1) is 19.9. The van der Waals surface area contributed by atoms with Crippen LogP contribution in [-0.4, -0.2) is 33.5 Å². The first-order valence-corrected chi connectivity index (χ1v) is 9.43. The summed E-state index contributed by atoms with van der Waals surface area (Å²) < 4.78 is 7.08. The quantitative estimate of drug-likeness (QED) is 0.635. The van der Waals surface area contributed by atoms with Crippen LogP contribution in [0, 0.1) is 0 Å². The average Bonchev–Trinajstić information content (AvgIpc) is 2.70. The Morgan fingerprint density at radius 3 is 2.57 bits per heavy atom. The van der Waals surface area contributed by atoms with E-state index in [2.05, 4.69) is 4.98 Å². The molecule has 0 bridgehead atoms. The molecule has 146 valence electrons. The fraction of sp³-hybridized carbons (Fsp3) is 0.286. The van der Waals surface area contributed by atoms with E-state index in [9.17, 15) is 9.59 Å². The van der Waals surface area contributed by atoms with E-state index in [1.54, 1.807) is 48.3 Å². The van der Waals surface area contributed by atoms with Gasteiger partial charge in [0.05, 0.1) is 16.9 Å². The summed E-state index contributed by atoms with van der Waals surface area (Å²) in [7, 11) is 1.68. The van der Waals surface area contributed by atoms with Gasteiger partial charge in [0.1, 0.15) is 11.6 Å². The number of carbonyl (C=O) groups is 1. The van der Waals surface area contributed by atoms with Crippen molar-refractivity contribution in [2.45, 2.75) is 19.9 Å². The summed E-state index contributed by atoms with van der Waals surface area (Å²) >= 11 is 5.86. The number of halogens is 1. The van der Waals surface area contributed by atoms with Gasteiger partial charge in [0.15, 0.2) is 6.61 Å². The molecule has 3 rings (SSSR count). The summed E-state index contributed by atoms with van der Waals surface area (Å²) in [4.78, 5) is 31.7. The first-order valence-electron chi connectivity index (χ1n) is 9.06. The molecule has 0 radical (unpaired) electrons. The number of aromatic nitrogens is 2. The molecule has 0 saturated heterocycles. The normalized spacial score (nSPS) is 12.0. The van der Waals surface area contributed by atoms with E-state index in [-0.39, 0.29) is 24.1 Å². The van der Waals surface area contributed by atoms with Gasteiger partial charge in [0.25, 0.3) is 11.5 Å². The topological polar surface area (TPSA) is 64.4 Å². The number of likely N-dealkylation sites (N-methyl/N-ethyl adjacent to an activating group) is 1. The molecule has 1 amide bonds. The van der Waals surface area contributed by atoms with Gasteiger partial charge in [0, 0.05) is 18.6 Å². The molecule has 2 aromatic carbocycles. The fourth-order valence-electron chi connectivity index (χ4n) is 3.17. The molecule has 1 atom stereocenters. The minimum atomic E-state index is -0.381. The second-order valence-electron chi connectivity index (χ2n) is 6.45. The van der Waals surface area contributed by atoms with E-state index < -0.39 is 0 Å². The van der Waals surface area contributed by atoms with Crippen LogP contribution in [0.1, 0.15) is 25.7 Å². The molecule has 0 fully saturated rings. The molecule has 0 aliphatic rings. The van der Waals surface area contributed by atoms with E-state index in [0.717, 1.165) is 0 Å². The number of carbonyl (C=O) groups excluding carboxylic acids is 1. The number of hydrogen-bond donors (Lipinski definition) is 0. The van der Waals surface area contributed by atoms with E-state index in [1.165, 1.54) is 4.57 Å². The lowest BCUT2D eigenvalue weighted by Gasteiger charge is -2.28. The maximum atomic E-state index is 12.7. The van der Waals surface area contributed by atoms with Crippen molar-refractivity contribution < 1.29 is 9.53 Å². The Morgan fingerprint density at radius 1 is 1.21 bits per heavy atom. The molecule has 28 heavy (non-hydrogen) atoms. The third kappa shape index (κ3) is 4.02. The summed E-state index contributed by atoms with van der Waals surface area (Å²) in [6, 6.07) is 13.7. The van der Waals surface area contributed by atoms with Crippen molar-refractivity contribution in [3.8, 4) is 5.75 Å². The fourth-order valence-corrected chi connectivity index (χ4v) is 3.30.